The van der Waals surface area contributed by atoms with Gasteiger partial charge in [0.1, 0.15) is 46.4 Å². The van der Waals surface area contributed by atoms with Crippen molar-refractivity contribution in [3.63, 3.8) is 0 Å². The van der Waals surface area contributed by atoms with Gasteiger partial charge in [-0.1, -0.05) is 0 Å². The molecule has 10 nitrogen and oxygen atoms in total. The first-order valence-corrected chi connectivity index (χ1v) is 11.2. The van der Waals surface area contributed by atoms with E-state index in [4.69, 9.17) is 4.74 Å². The number of aliphatic hydroxyl groups excluding tert-OH is 1. The Bertz CT molecular complexity index is 1590. The molecule has 1 aliphatic heterocycles. The number of nitrogens with zero attached hydrogens (tertiary/aromatic N) is 1. The third-order valence-corrected chi connectivity index (χ3v) is 6.77. The lowest BCUT2D eigenvalue weighted by Crippen LogP contribution is -2.40. The van der Waals surface area contributed by atoms with Gasteiger partial charge in [-0.05, 0) is 45.9 Å². The highest BCUT2D eigenvalue weighted by Crippen LogP contribution is 2.57. The summed E-state index contributed by atoms with van der Waals surface area (Å²) in [4.78, 5) is 46.5. The number of Topliss-reactive ketones (excluding diaryl/α,β-unsaturated/α-hetero) is 2. The number of aromatic nitrogens is 2. The molecule has 0 saturated heterocycles. The van der Waals surface area contributed by atoms with Crippen molar-refractivity contribution in [1.82, 2.24) is 9.97 Å². The van der Waals surface area contributed by atoms with Gasteiger partial charge in [0.25, 0.3) is 0 Å². The van der Waals surface area contributed by atoms with Gasteiger partial charge >= 0.3 is 0 Å². The van der Waals surface area contributed by atoms with Crippen LogP contribution in [-0.2, 0) is 21.6 Å². The number of imidazole rings is 1. The Hall–Kier alpha value is -4.44. The van der Waals surface area contributed by atoms with Crippen LogP contribution >= 0.6 is 0 Å². The number of ketones is 3. The van der Waals surface area contributed by atoms with Crippen molar-refractivity contribution in [3.8, 4) is 17.2 Å². The van der Waals surface area contributed by atoms with Gasteiger partial charge in [-0.2, -0.15) is 0 Å². The second-order valence-electron chi connectivity index (χ2n) is 9.09. The van der Waals surface area contributed by atoms with Crippen LogP contribution in [0.2, 0.25) is 0 Å². The van der Waals surface area contributed by atoms with Gasteiger partial charge in [0.05, 0.1) is 22.2 Å². The summed E-state index contributed by atoms with van der Waals surface area (Å²) in [5, 5.41) is 33.7. The van der Waals surface area contributed by atoms with E-state index in [1.807, 2.05) is 0 Å². The number of benzene rings is 2. The number of aromatic amines is 1. The van der Waals surface area contributed by atoms with E-state index in [-0.39, 0.29) is 51.8 Å². The third-order valence-electron chi connectivity index (χ3n) is 6.77. The number of rotatable bonds is 4. The summed E-state index contributed by atoms with van der Waals surface area (Å²) in [6.45, 7) is 5.53. The normalized spacial score (nSPS) is 20.1. The van der Waals surface area contributed by atoms with Crippen LogP contribution in [0.3, 0.4) is 0 Å². The minimum atomic E-state index is -1.59. The summed E-state index contributed by atoms with van der Waals surface area (Å²) in [7, 11) is 0. The molecule has 184 valence electrons. The van der Waals surface area contributed by atoms with Crippen molar-refractivity contribution >= 4 is 34.1 Å². The Kier molecular flexibility index (Phi) is 5.04. The molecule has 1 aromatic heterocycles. The fourth-order valence-electron chi connectivity index (χ4n) is 4.86. The number of hydrogen-bond donors (Lipinski definition) is 5. The molecule has 36 heavy (non-hydrogen) atoms. The third kappa shape index (κ3) is 3.07. The van der Waals surface area contributed by atoms with E-state index >= 15 is 0 Å². The Balaban J connectivity index is 1.63. The summed E-state index contributed by atoms with van der Waals surface area (Å²) in [5.41, 5.74) is 0.350. The fourth-order valence-corrected chi connectivity index (χ4v) is 4.86. The van der Waals surface area contributed by atoms with Crippen molar-refractivity contribution < 1.29 is 34.4 Å². The lowest BCUT2D eigenvalue weighted by Gasteiger charge is -2.29. The van der Waals surface area contributed by atoms with Crippen LogP contribution in [0.25, 0.3) is 11.0 Å². The van der Waals surface area contributed by atoms with Crippen molar-refractivity contribution in [2.24, 2.45) is 0 Å². The summed E-state index contributed by atoms with van der Waals surface area (Å²) >= 11 is 0. The minimum Gasteiger partial charge on any atom is -0.507 e. The molecule has 0 bridgehead atoms. The maximum atomic E-state index is 13.9. The molecule has 10 heteroatoms. The van der Waals surface area contributed by atoms with Gasteiger partial charge in [-0.25, -0.2) is 4.98 Å². The number of anilines is 1. The molecule has 5 rings (SSSR count). The molecule has 0 fully saturated rings. The van der Waals surface area contributed by atoms with Gasteiger partial charge < -0.3 is 30.4 Å². The highest BCUT2D eigenvalue weighted by Gasteiger charge is 2.56. The minimum absolute atomic E-state index is 0.0257. The Morgan fingerprint density at radius 1 is 1.19 bits per heavy atom. The number of ether oxygens (including phenoxy) is 1. The second kappa shape index (κ2) is 7.79. The summed E-state index contributed by atoms with van der Waals surface area (Å²) in [6.07, 6.45) is 1.17. The highest BCUT2D eigenvalue weighted by molar-refractivity contribution is 6.31. The molecule has 2 heterocycles. The monoisotopic (exact) mass is 489 g/mol. The van der Waals surface area contributed by atoms with Crippen molar-refractivity contribution in [3.05, 3.63) is 63.8 Å². The van der Waals surface area contributed by atoms with Crippen molar-refractivity contribution in [1.29, 1.82) is 0 Å². The lowest BCUT2D eigenvalue weighted by molar-refractivity contribution is -0.123. The molecule has 0 amide bonds. The zero-order valence-corrected chi connectivity index (χ0v) is 19.9. The van der Waals surface area contributed by atoms with E-state index in [1.165, 1.54) is 26.8 Å². The highest BCUT2D eigenvalue weighted by atomic mass is 16.5. The number of H-pyrrole nitrogens is 1. The first-order valence-electron chi connectivity index (χ1n) is 11.2. The molecule has 0 unspecified atom stereocenters. The second-order valence-corrected chi connectivity index (χ2v) is 9.09. The smallest absolute Gasteiger partial charge is 0.194 e. The molecular weight excluding hydrogens is 466 g/mol. The number of carbonyl (C=O) groups is 3. The summed E-state index contributed by atoms with van der Waals surface area (Å²) in [6, 6.07) is 5.18. The number of phenols is 2. The summed E-state index contributed by atoms with van der Waals surface area (Å²) < 4.78 is 5.78. The largest absolute Gasteiger partial charge is 0.507 e. The Labute approximate surface area is 204 Å². The van der Waals surface area contributed by atoms with E-state index < -0.39 is 28.5 Å². The summed E-state index contributed by atoms with van der Waals surface area (Å²) in [5.74, 6) is -2.29. The molecular formula is C26H23N3O7. The van der Waals surface area contributed by atoms with Gasteiger partial charge in [-0.15, -0.1) is 0 Å². The van der Waals surface area contributed by atoms with Crippen LogP contribution < -0.4 is 10.1 Å². The van der Waals surface area contributed by atoms with Crippen LogP contribution in [-0.4, -0.2) is 42.6 Å². The zero-order valence-electron chi connectivity index (χ0n) is 19.9. The van der Waals surface area contributed by atoms with Crippen LogP contribution in [0.1, 0.15) is 48.1 Å². The predicted molar refractivity (Wildman–Crippen MR) is 129 cm³/mol. The van der Waals surface area contributed by atoms with Crippen molar-refractivity contribution in [2.45, 2.75) is 39.7 Å². The van der Waals surface area contributed by atoms with Crippen LogP contribution in [0, 0.1) is 6.92 Å². The standard InChI is InChI=1S/C26H23N3O7/c1-10-22(33)20(12(3)31)24-21(23(10)34)26(4)17(36-24)8-16(32)19(25(26)35)11(2)27-13-5-6-14-15(7-13)29-18(9-30)28-14/h5-8,27,30,33-34H,9H2,1-4H3,(H,28,29)/t26-/m0/s1. The Morgan fingerprint density at radius 2 is 1.92 bits per heavy atom. The fraction of sp³-hybridized carbons (Fsp3) is 0.231. The molecule has 0 radical (unpaired) electrons. The van der Waals surface area contributed by atoms with Crippen LogP contribution in [0.15, 0.2) is 41.3 Å². The molecule has 1 aliphatic carbocycles. The molecule has 2 aliphatic rings. The average molecular weight is 489 g/mol. The predicted octanol–water partition coefficient (Wildman–Crippen LogP) is 3.05. The first-order chi connectivity index (χ1) is 17.0. The Morgan fingerprint density at radius 3 is 2.58 bits per heavy atom. The average Bonchev–Trinajstić information content (AvgIpc) is 3.36. The number of aliphatic hydroxyl groups is 1. The van der Waals surface area contributed by atoms with Gasteiger partial charge in [-0.3, -0.25) is 14.4 Å². The van der Waals surface area contributed by atoms with Gasteiger partial charge in [0, 0.05) is 23.0 Å². The zero-order chi connectivity index (χ0) is 26.1. The van der Waals surface area contributed by atoms with Gasteiger partial charge in [0.2, 0.25) is 0 Å². The topological polar surface area (TPSA) is 162 Å². The van der Waals surface area contributed by atoms with E-state index in [9.17, 15) is 29.7 Å². The van der Waals surface area contributed by atoms with E-state index in [0.717, 1.165) is 0 Å². The molecule has 5 N–H and O–H groups in total. The van der Waals surface area contributed by atoms with Crippen molar-refractivity contribution in [2.75, 3.05) is 5.32 Å². The quantitative estimate of drug-likeness (QED) is 0.211. The van der Waals surface area contributed by atoms with E-state index in [1.54, 1.807) is 25.1 Å². The lowest BCUT2D eigenvalue weighted by atomic mass is 9.70. The molecule has 3 aromatic rings. The number of fused-ring (bicyclic) bond motifs is 4. The van der Waals surface area contributed by atoms with E-state index in [2.05, 4.69) is 15.3 Å². The number of aromatic hydroxyl groups is 2. The molecule has 0 saturated carbocycles. The maximum Gasteiger partial charge on any atom is 0.194 e. The molecule has 0 spiro atoms. The molecule has 1 atom stereocenters. The van der Waals surface area contributed by atoms with Crippen LogP contribution in [0.5, 0.6) is 17.2 Å². The van der Waals surface area contributed by atoms with E-state index in [0.29, 0.717) is 22.5 Å². The van der Waals surface area contributed by atoms with Crippen LogP contribution in [0.4, 0.5) is 5.69 Å². The number of hydrogen-bond acceptors (Lipinski definition) is 9. The maximum absolute atomic E-state index is 13.9. The molecule has 2 aromatic carbocycles. The number of carbonyl (C=O) groups excluding carboxylic acids is 3. The number of phenolic OH excluding ortho intramolecular Hbond substituents is 2. The first kappa shape index (κ1) is 23.3. The number of allylic oxidation sites excluding steroid dienone is 4. The number of nitrogens with one attached hydrogen (secondary N) is 2. The van der Waals surface area contributed by atoms with Gasteiger partial charge in [0.15, 0.2) is 17.3 Å². The SMILES string of the molecule is CC(=O)c1c(O)c(C)c(O)c2c1OC1=CC(=O)C(=C(C)Nc3ccc4nc(CO)[nH]c4c3)C(=O)[C@@]12C.